The second-order valence-corrected chi connectivity index (χ2v) is 9.01. The molecule has 17 heavy (non-hydrogen) atoms. The van der Waals surface area contributed by atoms with Crippen molar-refractivity contribution in [2.24, 2.45) is 10.8 Å². The van der Waals surface area contributed by atoms with Crippen molar-refractivity contribution < 1.29 is 9.00 Å². The molecule has 1 heterocycles. The van der Waals surface area contributed by atoms with E-state index in [4.69, 9.17) is 0 Å². The second kappa shape index (κ2) is 4.73. The van der Waals surface area contributed by atoms with Gasteiger partial charge in [0.05, 0.1) is 0 Å². The molecule has 0 radical (unpaired) electrons. The molecule has 4 heteroatoms. The highest BCUT2D eigenvalue weighted by molar-refractivity contribution is 8.00. The lowest BCUT2D eigenvalue weighted by molar-refractivity contribution is -0.137. The number of ketones is 1. The molecule has 0 aromatic carbocycles. The van der Waals surface area contributed by atoms with Crippen LogP contribution in [0.3, 0.4) is 0 Å². The molecule has 3 nitrogen and oxygen atoms in total. The van der Waals surface area contributed by atoms with Crippen LogP contribution in [0.4, 0.5) is 0 Å². The van der Waals surface area contributed by atoms with E-state index >= 15 is 0 Å². The van der Waals surface area contributed by atoms with Gasteiger partial charge in [-0.25, -0.2) is 0 Å². The molecule has 0 bridgehead atoms. The molecule has 1 saturated heterocycles. The summed E-state index contributed by atoms with van der Waals surface area (Å²) in [6.07, 6.45) is 1.40. The van der Waals surface area contributed by atoms with Crippen LogP contribution in [0.25, 0.3) is 0 Å². The number of hydrogen-bond donors (Lipinski definition) is 1. The number of hydrogen-bond acceptors (Lipinski definition) is 3. The fraction of sp³-hybridized carbons (Fsp3) is 0.846. The van der Waals surface area contributed by atoms with E-state index < -0.39 is 9.52 Å². The highest BCUT2D eigenvalue weighted by Crippen LogP contribution is 2.38. The highest BCUT2D eigenvalue weighted by Gasteiger charge is 2.45. The van der Waals surface area contributed by atoms with E-state index in [1.807, 2.05) is 27.8 Å². The molecule has 0 amide bonds. The zero-order chi connectivity index (χ0) is 13.3. The molecule has 0 atom stereocenters. The lowest BCUT2D eigenvalue weighted by Crippen LogP contribution is -2.50. The van der Waals surface area contributed by atoms with Crippen LogP contribution in [0.15, 0.2) is 0 Å². The average molecular weight is 259 g/mol. The average Bonchev–Trinajstić information content (AvgIpc) is 2.20. The van der Waals surface area contributed by atoms with E-state index in [2.05, 4.69) is 11.2 Å². The Morgan fingerprint density at radius 3 is 2.18 bits per heavy atom. The third-order valence-electron chi connectivity index (χ3n) is 3.58. The highest BCUT2D eigenvalue weighted by atomic mass is 32.2. The largest absolute Gasteiger partial charge is 0.319 e. The van der Waals surface area contributed by atoms with Crippen molar-refractivity contribution in [3.63, 3.8) is 0 Å². The first-order chi connectivity index (χ1) is 7.63. The van der Waals surface area contributed by atoms with Crippen molar-refractivity contribution in [1.82, 2.24) is 5.32 Å². The SMILES string of the molecule is C=S1(=O)CCC(CNC)(C(=O)C(C)(C)C)CC1. The molecule has 100 valence electrons. The zero-order valence-corrected chi connectivity index (χ0v) is 12.3. The number of carbonyl (C=O) groups is 1. The Morgan fingerprint density at radius 1 is 1.35 bits per heavy atom. The van der Waals surface area contributed by atoms with Gasteiger partial charge in [0.25, 0.3) is 0 Å². The maximum Gasteiger partial charge on any atom is 0.145 e. The molecule has 1 aliphatic heterocycles. The van der Waals surface area contributed by atoms with Crippen molar-refractivity contribution >= 4 is 21.2 Å². The Hall–Kier alpha value is -0.350. The number of rotatable bonds is 3. The maximum absolute atomic E-state index is 12.6. The molecule has 0 aromatic rings. The summed E-state index contributed by atoms with van der Waals surface area (Å²) in [6, 6.07) is 0. The van der Waals surface area contributed by atoms with Gasteiger partial charge in [-0.05, 0) is 35.3 Å². The first kappa shape index (κ1) is 14.7. The van der Waals surface area contributed by atoms with Crippen molar-refractivity contribution in [2.75, 3.05) is 25.1 Å². The molecule has 0 aromatic heterocycles. The lowest BCUT2D eigenvalue weighted by Gasteiger charge is -2.40. The molecule has 1 aliphatic rings. The molecule has 0 unspecified atom stereocenters. The molecule has 0 spiro atoms. The number of carbonyl (C=O) groups excluding carboxylic acids is 1. The van der Waals surface area contributed by atoms with E-state index in [0.717, 1.165) is 0 Å². The minimum atomic E-state index is -1.93. The van der Waals surface area contributed by atoms with Crippen molar-refractivity contribution in [1.29, 1.82) is 0 Å². The van der Waals surface area contributed by atoms with Gasteiger partial charge < -0.3 is 5.32 Å². The fourth-order valence-electron chi connectivity index (χ4n) is 2.61. The summed E-state index contributed by atoms with van der Waals surface area (Å²) in [5.41, 5.74) is -0.679. The third kappa shape index (κ3) is 3.32. The van der Waals surface area contributed by atoms with Crippen molar-refractivity contribution in [3.8, 4) is 0 Å². The molecular formula is C13H25NO2S. The first-order valence-electron chi connectivity index (χ1n) is 6.15. The molecule has 1 N–H and O–H groups in total. The molecule has 0 aliphatic carbocycles. The van der Waals surface area contributed by atoms with Crippen LogP contribution in [0.2, 0.25) is 0 Å². The van der Waals surface area contributed by atoms with Crippen LogP contribution in [0, 0.1) is 10.8 Å². The van der Waals surface area contributed by atoms with Gasteiger partial charge in [0.1, 0.15) is 5.78 Å². The third-order valence-corrected chi connectivity index (χ3v) is 5.48. The van der Waals surface area contributed by atoms with Gasteiger partial charge in [-0.2, -0.15) is 0 Å². The van der Waals surface area contributed by atoms with Gasteiger partial charge in [-0.15, -0.1) is 0 Å². The topological polar surface area (TPSA) is 46.2 Å². The Kier molecular flexibility index (Phi) is 4.09. The Labute approximate surface area is 105 Å². The molecule has 1 rings (SSSR count). The monoisotopic (exact) mass is 259 g/mol. The summed E-state index contributed by atoms with van der Waals surface area (Å²) in [7, 11) is -0.0623. The molecule has 1 fully saturated rings. The Morgan fingerprint density at radius 2 is 1.82 bits per heavy atom. The van der Waals surface area contributed by atoms with Gasteiger partial charge in [0.2, 0.25) is 0 Å². The Balaban J connectivity index is 2.97. The number of Topliss-reactive ketones (excluding diaryl/α,β-unsaturated/α-hetero) is 1. The Bertz CT molecular complexity index is 376. The minimum Gasteiger partial charge on any atom is -0.319 e. The van der Waals surface area contributed by atoms with E-state index in [0.29, 0.717) is 30.9 Å². The van der Waals surface area contributed by atoms with Crippen LogP contribution < -0.4 is 5.32 Å². The summed E-state index contributed by atoms with van der Waals surface area (Å²) < 4.78 is 11.9. The van der Waals surface area contributed by atoms with E-state index in [1.165, 1.54) is 0 Å². The van der Waals surface area contributed by atoms with Crippen LogP contribution in [0.1, 0.15) is 33.6 Å². The standard InChI is InChI=1S/C13H25NO2S/c1-12(2,3)11(15)13(10-14-4)6-8-17(5,16)9-7-13/h14H,5-10H2,1-4H3. The zero-order valence-electron chi connectivity index (χ0n) is 11.5. The maximum atomic E-state index is 12.6. The molecule has 0 saturated carbocycles. The number of nitrogens with one attached hydrogen (secondary N) is 1. The van der Waals surface area contributed by atoms with Crippen molar-refractivity contribution in [3.05, 3.63) is 0 Å². The summed E-state index contributed by atoms with van der Waals surface area (Å²) in [6.45, 7) is 6.56. The second-order valence-electron chi connectivity index (χ2n) is 6.26. The normalized spacial score (nSPS) is 34.6. The minimum absolute atomic E-state index is 0.286. The van der Waals surface area contributed by atoms with E-state index in [9.17, 15) is 9.00 Å². The van der Waals surface area contributed by atoms with Gasteiger partial charge in [-0.1, -0.05) is 20.8 Å². The van der Waals surface area contributed by atoms with Gasteiger partial charge in [0.15, 0.2) is 0 Å². The van der Waals surface area contributed by atoms with Crippen LogP contribution in [-0.2, 0) is 14.3 Å². The quantitative estimate of drug-likeness (QED) is 0.778. The summed E-state index contributed by atoms with van der Waals surface area (Å²) in [4.78, 5) is 12.6. The van der Waals surface area contributed by atoms with Crippen LogP contribution in [0.5, 0.6) is 0 Å². The van der Waals surface area contributed by atoms with Gasteiger partial charge in [-0.3, -0.25) is 9.00 Å². The predicted octanol–water partition coefficient (Wildman–Crippen LogP) is 1.32. The summed E-state index contributed by atoms with van der Waals surface area (Å²) >= 11 is 0. The fourth-order valence-corrected chi connectivity index (χ4v) is 4.34. The smallest absolute Gasteiger partial charge is 0.145 e. The predicted molar refractivity (Wildman–Crippen MR) is 75.1 cm³/mol. The van der Waals surface area contributed by atoms with Gasteiger partial charge >= 0.3 is 0 Å². The lowest BCUT2D eigenvalue weighted by atomic mass is 9.69. The van der Waals surface area contributed by atoms with Gasteiger partial charge in [0, 0.05) is 28.9 Å². The van der Waals surface area contributed by atoms with E-state index in [1.54, 1.807) is 0 Å². The first-order valence-corrected chi connectivity index (χ1v) is 8.22. The summed E-state index contributed by atoms with van der Waals surface area (Å²) in [5, 5.41) is 3.12. The molecular weight excluding hydrogens is 234 g/mol. The van der Waals surface area contributed by atoms with Crippen LogP contribution >= 0.6 is 0 Å². The summed E-state index contributed by atoms with van der Waals surface area (Å²) in [5.74, 6) is 5.22. The van der Waals surface area contributed by atoms with Crippen molar-refractivity contribution in [2.45, 2.75) is 33.6 Å². The van der Waals surface area contributed by atoms with E-state index in [-0.39, 0.29) is 16.6 Å². The van der Waals surface area contributed by atoms with Crippen LogP contribution in [-0.4, -0.2) is 41.0 Å².